The molecule has 0 unspecified atom stereocenters. The van der Waals surface area contributed by atoms with E-state index in [1.54, 1.807) is 24.4 Å². The fourth-order valence-electron chi connectivity index (χ4n) is 1.77. The molecule has 0 aliphatic rings. The van der Waals surface area contributed by atoms with Crippen LogP contribution in [0.4, 0.5) is 0 Å². The third kappa shape index (κ3) is 2.27. The van der Waals surface area contributed by atoms with Gasteiger partial charge >= 0.3 is 0 Å². The number of benzene rings is 1. The van der Waals surface area contributed by atoms with Crippen LogP contribution in [0.15, 0.2) is 47.1 Å². The van der Waals surface area contributed by atoms with Gasteiger partial charge in [0.15, 0.2) is 0 Å². The first-order chi connectivity index (χ1) is 9.76. The Labute approximate surface area is 115 Å². The number of nitrogens with zero attached hydrogens (tertiary/aromatic N) is 4. The first-order valence-electron chi connectivity index (χ1n) is 6.03. The quantitative estimate of drug-likeness (QED) is 0.709. The summed E-state index contributed by atoms with van der Waals surface area (Å²) in [6, 6.07) is 12.9. The van der Waals surface area contributed by atoms with Gasteiger partial charge in [0.2, 0.25) is 5.82 Å². The highest BCUT2D eigenvalue weighted by atomic mass is 16.5. The predicted octanol–water partition coefficient (Wildman–Crippen LogP) is 2.98. The van der Waals surface area contributed by atoms with Gasteiger partial charge in [-0.05, 0) is 36.8 Å². The molecule has 0 atom stereocenters. The van der Waals surface area contributed by atoms with E-state index in [2.05, 4.69) is 21.2 Å². The number of aromatic nitrogens is 3. The smallest absolute Gasteiger partial charge is 0.258 e. The Kier molecular flexibility index (Phi) is 2.98. The first-order valence-corrected chi connectivity index (χ1v) is 6.03. The monoisotopic (exact) mass is 262 g/mol. The summed E-state index contributed by atoms with van der Waals surface area (Å²) >= 11 is 0. The maximum Gasteiger partial charge on any atom is 0.258 e. The zero-order chi connectivity index (χ0) is 13.9. The molecule has 0 spiro atoms. The summed E-state index contributed by atoms with van der Waals surface area (Å²) in [4.78, 5) is 8.56. The van der Waals surface area contributed by atoms with E-state index in [-0.39, 0.29) is 0 Å². The van der Waals surface area contributed by atoms with Crippen molar-refractivity contribution < 1.29 is 4.52 Å². The van der Waals surface area contributed by atoms with Crippen LogP contribution in [0, 0.1) is 18.3 Å². The lowest BCUT2D eigenvalue weighted by atomic mass is 10.1. The largest absolute Gasteiger partial charge is 0.334 e. The highest BCUT2D eigenvalue weighted by Gasteiger charge is 2.11. The fraction of sp³-hybridized carbons (Fsp3) is 0.0667. The van der Waals surface area contributed by atoms with Gasteiger partial charge in [0.1, 0.15) is 5.69 Å². The van der Waals surface area contributed by atoms with Crippen LogP contribution >= 0.6 is 0 Å². The molecular weight excluding hydrogens is 252 g/mol. The lowest BCUT2D eigenvalue weighted by Crippen LogP contribution is -1.86. The van der Waals surface area contributed by atoms with Crippen molar-refractivity contribution in [1.29, 1.82) is 5.26 Å². The van der Waals surface area contributed by atoms with Crippen LogP contribution in [0.25, 0.3) is 23.0 Å². The molecule has 2 aromatic heterocycles. The van der Waals surface area contributed by atoms with Gasteiger partial charge in [0, 0.05) is 11.8 Å². The van der Waals surface area contributed by atoms with E-state index in [4.69, 9.17) is 9.78 Å². The van der Waals surface area contributed by atoms with Gasteiger partial charge in [-0.15, -0.1) is 0 Å². The van der Waals surface area contributed by atoms with Gasteiger partial charge in [-0.25, -0.2) is 0 Å². The van der Waals surface area contributed by atoms with Crippen molar-refractivity contribution in [2.24, 2.45) is 0 Å². The summed E-state index contributed by atoms with van der Waals surface area (Å²) in [5.41, 5.74) is 2.99. The second kappa shape index (κ2) is 4.94. The maximum absolute atomic E-state index is 8.89. The number of rotatable bonds is 2. The van der Waals surface area contributed by atoms with E-state index in [1.165, 1.54) is 0 Å². The average Bonchev–Trinajstić information content (AvgIpc) is 2.98. The van der Waals surface area contributed by atoms with Crippen LogP contribution in [0.2, 0.25) is 0 Å². The molecule has 1 aromatic carbocycles. The Balaban J connectivity index is 1.97. The van der Waals surface area contributed by atoms with Gasteiger partial charge in [-0.2, -0.15) is 10.2 Å². The molecule has 20 heavy (non-hydrogen) atoms. The lowest BCUT2D eigenvalue weighted by Gasteiger charge is -1.94. The van der Waals surface area contributed by atoms with Gasteiger partial charge < -0.3 is 4.52 Å². The molecule has 0 saturated carbocycles. The molecule has 96 valence electrons. The van der Waals surface area contributed by atoms with Crippen molar-refractivity contribution in [2.45, 2.75) is 6.92 Å². The highest BCUT2D eigenvalue weighted by molar-refractivity contribution is 5.59. The van der Waals surface area contributed by atoms with E-state index in [0.29, 0.717) is 23.0 Å². The van der Waals surface area contributed by atoms with E-state index < -0.39 is 0 Å². The Hall–Kier alpha value is -3.00. The Morgan fingerprint density at radius 3 is 2.85 bits per heavy atom. The summed E-state index contributed by atoms with van der Waals surface area (Å²) in [5.74, 6) is 0.807. The van der Waals surface area contributed by atoms with Crippen LogP contribution in [0.5, 0.6) is 0 Å². The second-order valence-corrected chi connectivity index (χ2v) is 4.34. The third-order valence-electron chi connectivity index (χ3n) is 2.81. The third-order valence-corrected chi connectivity index (χ3v) is 2.81. The molecule has 0 amide bonds. The fourth-order valence-corrected chi connectivity index (χ4v) is 1.77. The number of pyridine rings is 1. The van der Waals surface area contributed by atoms with E-state index in [1.807, 2.05) is 25.1 Å². The number of nitriles is 1. The first kappa shape index (κ1) is 12.1. The molecule has 0 fully saturated rings. The Morgan fingerprint density at radius 1 is 1.20 bits per heavy atom. The number of aryl methyl sites for hydroxylation is 1. The molecule has 5 heteroatoms. The highest BCUT2D eigenvalue weighted by Crippen LogP contribution is 2.21. The SMILES string of the molecule is Cc1ccc(-c2noc(-c3cccc(C#N)c3)n2)nc1. The maximum atomic E-state index is 8.89. The minimum absolute atomic E-state index is 0.375. The van der Waals surface area contributed by atoms with Crippen molar-refractivity contribution in [3.63, 3.8) is 0 Å². The van der Waals surface area contributed by atoms with E-state index >= 15 is 0 Å². The van der Waals surface area contributed by atoms with Crippen molar-refractivity contribution >= 4 is 0 Å². The summed E-state index contributed by atoms with van der Waals surface area (Å²) in [7, 11) is 0. The molecule has 0 saturated heterocycles. The topological polar surface area (TPSA) is 75.6 Å². The Morgan fingerprint density at radius 2 is 2.10 bits per heavy atom. The molecule has 2 heterocycles. The normalized spacial score (nSPS) is 10.2. The van der Waals surface area contributed by atoms with Crippen LogP contribution < -0.4 is 0 Å². The molecule has 3 aromatic rings. The van der Waals surface area contributed by atoms with Gasteiger partial charge in [0.05, 0.1) is 11.6 Å². The molecule has 0 aliphatic heterocycles. The zero-order valence-corrected chi connectivity index (χ0v) is 10.7. The molecule has 0 bridgehead atoms. The molecule has 0 aliphatic carbocycles. The van der Waals surface area contributed by atoms with Crippen LogP contribution in [-0.4, -0.2) is 15.1 Å². The molecule has 0 N–H and O–H groups in total. The predicted molar refractivity (Wildman–Crippen MR) is 72.4 cm³/mol. The van der Waals surface area contributed by atoms with E-state index in [0.717, 1.165) is 11.1 Å². The second-order valence-electron chi connectivity index (χ2n) is 4.34. The summed E-state index contributed by atoms with van der Waals surface area (Å²) in [6.45, 7) is 1.96. The van der Waals surface area contributed by atoms with Gasteiger partial charge in [0.25, 0.3) is 5.89 Å². The van der Waals surface area contributed by atoms with Gasteiger partial charge in [-0.1, -0.05) is 17.3 Å². The van der Waals surface area contributed by atoms with E-state index in [9.17, 15) is 0 Å². The average molecular weight is 262 g/mol. The molecule has 3 rings (SSSR count). The number of hydrogen-bond donors (Lipinski definition) is 0. The Bertz CT molecular complexity index is 784. The van der Waals surface area contributed by atoms with Crippen LogP contribution in [0.1, 0.15) is 11.1 Å². The number of hydrogen-bond acceptors (Lipinski definition) is 5. The molecule has 5 nitrogen and oxygen atoms in total. The molecule has 0 radical (unpaired) electrons. The summed E-state index contributed by atoms with van der Waals surface area (Å²) in [6.07, 6.45) is 1.75. The van der Waals surface area contributed by atoms with Crippen LogP contribution in [0.3, 0.4) is 0 Å². The summed E-state index contributed by atoms with van der Waals surface area (Å²) < 4.78 is 5.22. The van der Waals surface area contributed by atoms with Crippen molar-refractivity contribution in [3.8, 4) is 29.0 Å². The minimum atomic E-state index is 0.375. The zero-order valence-electron chi connectivity index (χ0n) is 10.7. The summed E-state index contributed by atoms with van der Waals surface area (Å²) in [5, 5.41) is 12.8. The van der Waals surface area contributed by atoms with Crippen molar-refractivity contribution in [2.75, 3.05) is 0 Å². The van der Waals surface area contributed by atoms with Crippen LogP contribution in [-0.2, 0) is 0 Å². The molecular formula is C15H10N4O. The van der Waals surface area contributed by atoms with Crippen molar-refractivity contribution in [3.05, 3.63) is 53.7 Å². The minimum Gasteiger partial charge on any atom is -0.334 e. The van der Waals surface area contributed by atoms with Crippen molar-refractivity contribution in [1.82, 2.24) is 15.1 Å². The lowest BCUT2D eigenvalue weighted by molar-refractivity contribution is 0.432. The standard InChI is InChI=1S/C15H10N4O/c1-10-5-6-13(17-9-10)14-18-15(20-19-14)12-4-2-3-11(7-12)8-16/h2-7,9H,1H3. The van der Waals surface area contributed by atoms with Gasteiger partial charge in [-0.3, -0.25) is 4.98 Å².